The van der Waals surface area contributed by atoms with Crippen molar-refractivity contribution in [2.45, 2.75) is 43.9 Å². The van der Waals surface area contributed by atoms with Crippen LogP contribution in [0.25, 0.3) is 0 Å². The summed E-state index contributed by atoms with van der Waals surface area (Å²) in [5.74, 6) is -0.447. The smallest absolute Gasteiger partial charge is 0.243 e. The number of nitrogens with zero attached hydrogens (tertiary/aromatic N) is 1. The predicted molar refractivity (Wildman–Crippen MR) is 103 cm³/mol. The Morgan fingerprint density at radius 2 is 1.96 bits per heavy atom. The van der Waals surface area contributed by atoms with Crippen molar-refractivity contribution in [2.75, 3.05) is 26.2 Å². The molecule has 1 atom stereocenters. The molecule has 0 radical (unpaired) electrons. The Morgan fingerprint density at radius 3 is 2.67 bits per heavy atom. The van der Waals surface area contributed by atoms with Gasteiger partial charge in [-0.1, -0.05) is 25.1 Å². The molecule has 1 unspecified atom stereocenters. The molecule has 0 aromatic heterocycles. The molecule has 1 aromatic carbocycles. The molecule has 1 heterocycles. The molecular formula is C19H29N3O4S. The van der Waals surface area contributed by atoms with Crippen LogP contribution in [0.15, 0.2) is 35.2 Å². The van der Waals surface area contributed by atoms with E-state index in [0.29, 0.717) is 38.9 Å². The highest BCUT2D eigenvalue weighted by Gasteiger charge is 2.26. The molecule has 2 rings (SSSR count). The summed E-state index contributed by atoms with van der Waals surface area (Å²) in [6, 6.07) is 8.24. The highest BCUT2D eigenvalue weighted by molar-refractivity contribution is 7.89. The van der Waals surface area contributed by atoms with Crippen LogP contribution in [0, 0.1) is 5.92 Å². The Bertz CT molecular complexity index is 722. The van der Waals surface area contributed by atoms with Gasteiger partial charge in [-0.05, 0) is 37.8 Å². The Kier molecular flexibility index (Phi) is 8.24. The third-order valence-corrected chi connectivity index (χ3v) is 6.58. The molecule has 0 aliphatic carbocycles. The van der Waals surface area contributed by atoms with E-state index in [1.165, 1.54) is 4.31 Å². The van der Waals surface area contributed by atoms with E-state index in [2.05, 4.69) is 10.6 Å². The monoisotopic (exact) mass is 395 g/mol. The van der Waals surface area contributed by atoms with Crippen LogP contribution in [0.2, 0.25) is 0 Å². The second-order valence-corrected chi connectivity index (χ2v) is 8.67. The summed E-state index contributed by atoms with van der Waals surface area (Å²) < 4.78 is 27.2. The van der Waals surface area contributed by atoms with E-state index in [1.807, 2.05) is 6.92 Å². The van der Waals surface area contributed by atoms with E-state index < -0.39 is 10.0 Å². The molecule has 2 amide bonds. The second kappa shape index (κ2) is 10.4. The Balaban J connectivity index is 2.12. The number of carbonyl (C=O) groups is 2. The quantitative estimate of drug-likeness (QED) is 0.790. The fraction of sp³-hybridized carbons (Fsp3) is 0.579. The van der Waals surface area contributed by atoms with Crippen LogP contribution in [0.4, 0.5) is 0 Å². The average Bonchev–Trinajstić information content (AvgIpc) is 2.71. The number of benzene rings is 1. The SMILES string of the molecule is CCCNC(=O)C1CCCN(S(=O)(=O)c2ccccc2)CCC(=O)NCC1. The first-order chi connectivity index (χ1) is 12.9. The van der Waals surface area contributed by atoms with Crippen LogP contribution >= 0.6 is 0 Å². The van der Waals surface area contributed by atoms with Gasteiger partial charge < -0.3 is 10.6 Å². The molecule has 8 heteroatoms. The molecule has 0 spiro atoms. The molecular weight excluding hydrogens is 366 g/mol. The van der Waals surface area contributed by atoms with Gasteiger partial charge in [0, 0.05) is 38.5 Å². The molecule has 0 bridgehead atoms. The van der Waals surface area contributed by atoms with E-state index in [4.69, 9.17) is 0 Å². The van der Waals surface area contributed by atoms with E-state index in [9.17, 15) is 18.0 Å². The van der Waals surface area contributed by atoms with Crippen molar-refractivity contribution in [2.24, 2.45) is 5.92 Å². The number of carbonyl (C=O) groups excluding carboxylic acids is 2. The average molecular weight is 396 g/mol. The maximum atomic E-state index is 12.9. The van der Waals surface area contributed by atoms with Crippen LogP contribution in [0.5, 0.6) is 0 Å². The lowest BCUT2D eigenvalue weighted by Gasteiger charge is -2.22. The zero-order chi connectivity index (χ0) is 19.7. The minimum atomic E-state index is -3.66. The third kappa shape index (κ3) is 6.32. The number of sulfonamides is 1. The maximum absolute atomic E-state index is 12.9. The number of amides is 2. The summed E-state index contributed by atoms with van der Waals surface area (Å²) in [6.07, 6.45) is 2.69. The van der Waals surface area contributed by atoms with Crippen LogP contribution in [0.1, 0.15) is 39.0 Å². The molecule has 1 saturated heterocycles. The maximum Gasteiger partial charge on any atom is 0.243 e. The standard InChI is InChI=1S/C19H29N3O4S/c1-2-12-21-19(24)16-7-6-14-22(15-11-18(23)20-13-10-16)27(25,26)17-8-4-3-5-9-17/h3-5,8-9,16H,2,6-7,10-15H2,1H3,(H,20,23)(H,21,24). The van der Waals surface area contributed by atoms with Gasteiger partial charge in [0.05, 0.1) is 4.90 Å². The van der Waals surface area contributed by atoms with Gasteiger partial charge in [0.15, 0.2) is 0 Å². The number of nitrogens with one attached hydrogen (secondary N) is 2. The molecule has 1 fully saturated rings. The molecule has 7 nitrogen and oxygen atoms in total. The van der Waals surface area contributed by atoms with Crippen molar-refractivity contribution in [3.63, 3.8) is 0 Å². The lowest BCUT2D eigenvalue weighted by Crippen LogP contribution is -2.35. The van der Waals surface area contributed by atoms with Crippen LogP contribution in [-0.2, 0) is 19.6 Å². The number of rotatable bonds is 5. The lowest BCUT2D eigenvalue weighted by atomic mass is 9.98. The Morgan fingerprint density at radius 1 is 1.22 bits per heavy atom. The van der Waals surface area contributed by atoms with Crippen molar-refractivity contribution in [1.82, 2.24) is 14.9 Å². The normalized spacial score (nSPS) is 20.3. The fourth-order valence-electron chi connectivity index (χ4n) is 3.11. The van der Waals surface area contributed by atoms with Crippen molar-refractivity contribution >= 4 is 21.8 Å². The van der Waals surface area contributed by atoms with Gasteiger partial charge in [0.25, 0.3) is 0 Å². The minimum absolute atomic E-state index is 0.0252. The van der Waals surface area contributed by atoms with Gasteiger partial charge in [0.1, 0.15) is 0 Å². The summed E-state index contributed by atoms with van der Waals surface area (Å²) >= 11 is 0. The molecule has 1 aromatic rings. The van der Waals surface area contributed by atoms with Gasteiger partial charge >= 0.3 is 0 Å². The molecule has 0 saturated carbocycles. The lowest BCUT2D eigenvalue weighted by molar-refractivity contribution is -0.126. The highest BCUT2D eigenvalue weighted by atomic mass is 32.2. The van der Waals surface area contributed by atoms with Gasteiger partial charge in [-0.2, -0.15) is 4.31 Å². The van der Waals surface area contributed by atoms with Crippen LogP contribution in [0.3, 0.4) is 0 Å². The van der Waals surface area contributed by atoms with E-state index in [1.54, 1.807) is 30.3 Å². The van der Waals surface area contributed by atoms with Gasteiger partial charge in [-0.15, -0.1) is 0 Å². The first-order valence-electron chi connectivity index (χ1n) is 9.54. The summed E-state index contributed by atoms with van der Waals surface area (Å²) in [4.78, 5) is 24.6. The molecule has 2 N–H and O–H groups in total. The minimum Gasteiger partial charge on any atom is -0.356 e. The fourth-order valence-corrected chi connectivity index (χ4v) is 4.61. The van der Waals surface area contributed by atoms with Gasteiger partial charge in [-0.25, -0.2) is 8.42 Å². The van der Waals surface area contributed by atoms with E-state index >= 15 is 0 Å². The second-order valence-electron chi connectivity index (χ2n) is 6.74. The predicted octanol–water partition coefficient (Wildman–Crippen LogP) is 1.51. The summed E-state index contributed by atoms with van der Waals surface area (Å²) in [6.45, 7) is 3.47. The summed E-state index contributed by atoms with van der Waals surface area (Å²) in [5.41, 5.74) is 0. The number of hydrogen-bond acceptors (Lipinski definition) is 4. The Hall–Kier alpha value is -1.93. The summed E-state index contributed by atoms with van der Waals surface area (Å²) in [5, 5.41) is 5.69. The van der Waals surface area contributed by atoms with Crippen LogP contribution < -0.4 is 10.6 Å². The van der Waals surface area contributed by atoms with Gasteiger partial charge in [0.2, 0.25) is 21.8 Å². The summed E-state index contributed by atoms with van der Waals surface area (Å²) in [7, 11) is -3.66. The first-order valence-corrected chi connectivity index (χ1v) is 11.0. The highest BCUT2D eigenvalue weighted by Crippen LogP contribution is 2.19. The third-order valence-electron chi connectivity index (χ3n) is 4.66. The molecule has 27 heavy (non-hydrogen) atoms. The van der Waals surface area contributed by atoms with Crippen molar-refractivity contribution in [3.05, 3.63) is 30.3 Å². The van der Waals surface area contributed by atoms with Crippen LogP contribution in [-0.4, -0.2) is 50.7 Å². The molecule has 1 aliphatic heterocycles. The zero-order valence-corrected chi connectivity index (χ0v) is 16.6. The largest absolute Gasteiger partial charge is 0.356 e. The topological polar surface area (TPSA) is 95.6 Å². The Labute approximate surface area is 161 Å². The van der Waals surface area contributed by atoms with E-state index in [0.717, 1.165) is 6.42 Å². The zero-order valence-electron chi connectivity index (χ0n) is 15.8. The molecule has 150 valence electrons. The van der Waals surface area contributed by atoms with Crippen molar-refractivity contribution in [1.29, 1.82) is 0 Å². The van der Waals surface area contributed by atoms with Crippen molar-refractivity contribution in [3.8, 4) is 0 Å². The first kappa shape index (κ1) is 21.4. The number of hydrogen-bond donors (Lipinski definition) is 2. The van der Waals surface area contributed by atoms with E-state index in [-0.39, 0.29) is 35.6 Å². The molecule has 1 aliphatic rings. The van der Waals surface area contributed by atoms with Crippen molar-refractivity contribution < 1.29 is 18.0 Å². The van der Waals surface area contributed by atoms with Gasteiger partial charge in [-0.3, -0.25) is 9.59 Å².